The molecule has 1 saturated carbocycles. The van der Waals surface area contributed by atoms with Gasteiger partial charge in [0.15, 0.2) is 5.16 Å². The number of nitrogens with zero attached hydrogens (tertiary/aromatic N) is 2. The zero-order chi connectivity index (χ0) is 16.8. The van der Waals surface area contributed by atoms with Gasteiger partial charge in [-0.05, 0) is 50.5 Å². The van der Waals surface area contributed by atoms with Gasteiger partial charge in [-0.25, -0.2) is 4.98 Å². The lowest BCUT2D eigenvalue weighted by Crippen LogP contribution is -2.27. The first-order chi connectivity index (χ1) is 12.3. The van der Waals surface area contributed by atoms with Crippen molar-refractivity contribution in [2.45, 2.75) is 74.2 Å². The van der Waals surface area contributed by atoms with Crippen LogP contribution in [-0.4, -0.2) is 28.0 Å². The Morgan fingerprint density at radius 3 is 2.76 bits per heavy atom. The number of hydrogen-bond donors (Lipinski definition) is 0. The Balaban J connectivity index is 1.67. The number of thioether (sulfide) groups is 1. The molecule has 1 aliphatic heterocycles. The first-order valence-electron chi connectivity index (χ1n) is 9.62. The van der Waals surface area contributed by atoms with Crippen LogP contribution in [0.2, 0.25) is 0 Å². The third kappa shape index (κ3) is 2.86. The summed E-state index contributed by atoms with van der Waals surface area (Å²) in [6.45, 7) is 1.62. The summed E-state index contributed by atoms with van der Waals surface area (Å²) in [7, 11) is 0. The van der Waals surface area contributed by atoms with Gasteiger partial charge in [0, 0.05) is 22.8 Å². The molecule has 1 saturated heterocycles. The van der Waals surface area contributed by atoms with E-state index in [1.807, 2.05) is 0 Å². The summed E-state index contributed by atoms with van der Waals surface area (Å²) >= 11 is 3.54. The van der Waals surface area contributed by atoms with E-state index in [1.54, 1.807) is 23.1 Å². The van der Waals surface area contributed by atoms with Gasteiger partial charge in [0.25, 0.3) is 5.56 Å². The lowest BCUT2D eigenvalue weighted by Gasteiger charge is -2.19. The molecule has 3 heterocycles. The van der Waals surface area contributed by atoms with Crippen LogP contribution in [0.5, 0.6) is 0 Å². The molecular weight excluding hydrogens is 352 g/mol. The minimum absolute atomic E-state index is 0.234. The van der Waals surface area contributed by atoms with Gasteiger partial charge >= 0.3 is 0 Å². The highest BCUT2D eigenvalue weighted by atomic mass is 32.2. The van der Waals surface area contributed by atoms with Crippen LogP contribution in [-0.2, 0) is 17.6 Å². The molecule has 0 bridgehead atoms. The van der Waals surface area contributed by atoms with E-state index in [0.29, 0.717) is 11.3 Å². The Labute approximate surface area is 156 Å². The maximum Gasteiger partial charge on any atom is 0.263 e. The Morgan fingerprint density at radius 2 is 1.96 bits per heavy atom. The lowest BCUT2D eigenvalue weighted by atomic mass is 9.97. The van der Waals surface area contributed by atoms with E-state index in [1.165, 1.54) is 36.1 Å². The van der Waals surface area contributed by atoms with Crippen molar-refractivity contribution in [3.05, 3.63) is 20.8 Å². The number of aryl methyl sites for hydroxylation is 2. The molecule has 0 spiro atoms. The van der Waals surface area contributed by atoms with Crippen LogP contribution in [0.1, 0.15) is 61.4 Å². The SMILES string of the molecule is O=c1c2c3c(sc2nc(S[C@@H]2CCOC2)n1C1CCCC1)CCCC3. The molecule has 0 unspecified atom stereocenters. The van der Waals surface area contributed by atoms with Crippen molar-refractivity contribution in [2.75, 3.05) is 13.2 Å². The van der Waals surface area contributed by atoms with Crippen molar-refractivity contribution < 1.29 is 4.74 Å². The lowest BCUT2D eigenvalue weighted by molar-refractivity contribution is 0.199. The highest BCUT2D eigenvalue weighted by molar-refractivity contribution is 7.99. The summed E-state index contributed by atoms with van der Waals surface area (Å²) in [6, 6.07) is 0.341. The molecule has 2 aliphatic carbocycles. The Morgan fingerprint density at radius 1 is 1.12 bits per heavy atom. The van der Waals surface area contributed by atoms with Crippen LogP contribution in [0.4, 0.5) is 0 Å². The minimum atomic E-state index is 0.234. The molecule has 4 nitrogen and oxygen atoms in total. The van der Waals surface area contributed by atoms with Crippen molar-refractivity contribution in [2.24, 2.45) is 0 Å². The molecule has 0 aromatic carbocycles. The normalized spacial score (nSPS) is 24.2. The Hall–Kier alpha value is -0.850. The van der Waals surface area contributed by atoms with Crippen molar-refractivity contribution >= 4 is 33.3 Å². The van der Waals surface area contributed by atoms with Crippen LogP contribution in [0.25, 0.3) is 10.2 Å². The topological polar surface area (TPSA) is 44.1 Å². The third-order valence-electron chi connectivity index (χ3n) is 5.84. The zero-order valence-electron chi connectivity index (χ0n) is 14.5. The molecule has 0 amide bonds. The molecule has 134 valence electrons. The fourth-order valence-corrected chi connectivity index (χ4v) is 7.00. The molecule has 5 rings (SSSR count). The second kappa shape index (κ2) is 6.71. The van der Waals surface area contributed by atoms with Crippen molar-refractivity contribution in [1.29, 1.82) is 0 Å². The molecular formula is C19H24N2O2S2. The summed E-state index contributed by atoms with van der Waals surface area (Å²) in [6.07, 6.45) is 10.4. The van der Waals surface area contributed by atoms with Gasteiger partial charge in [-0.2, -0.15) is 0 Å². The fourth-order valence-electron chi connectivity index (χ4n) is 4.52. The smallest absolute Gasteiger partial charge is 0.263 e. The van der Waals surface area contributed by atoms with Gasteiger partial charge in [-0.3, -0.25) is 9.36 Å². The maximum absolute atomic E-state index is 13.5. The van der Waals surface area contributed by atoms with Crippen LogP contribution in [0, 0.1) is 0 Å². The highest BCUT2D eigenvalue weighted by Gasteiger charge is 2.28. The van der Waals surface area contributed by atoms with E-state index in [9.17, 15) is 4.79 Å². The van der Waals surface area contributed by atoms with Gasteiger partial charge in [-0.15, -0.1) is 11.3 Å². The van der Waals surface area contributed by atoms with Crippen LogP contribution < -0.4 is 5.56 Å². The summed E-state index contributed by atoms with van der Waals surface area (Å²) < 4.78 is 7.61. The van der Waals surface area contributed by atoms with Gasteiger partial charge in [0.1, 0.15) is 4.83 Å². The van der Waals surface area contributed by atoms with Crippen molar-refractivity contribution in [1.82, 2.24) is 9.55 Å². The number of fused-ring (bicyclic) bond motifs is 3. The van der Waals surface area contributed by atoms with Crippen molar-refractivity contribution in [3.8, 4) is 0 Å². The molecule has 2 aromatic heterocycles. The van der Waals surface area contributed by atoms with Crippen LogP contribution in [0.15, 0.2) is 9.95 Å². The number of rotatable bonds is 3. The predicted molar refractivity (Wildman–Crippen MR) is 103 cm³/mol. The summed E-state index contributed by atoms with van der Waals surface area (Å²) in [5, 5.41) is 2.32. The molecule has 0 radical (unpaired) electrons. The van der Waals surface area contributed by atoms with E-state index in [0.717, 1.165) is 60.7 Å². The van der Waals surface area contributed by atoms with Crippen LogP contribution >= 0.6 is 23.1 Å². The predicted octanol–water partition coefficient (Wildman–Crippen LogP) is 4.33. The molecule has 3 aliphatic rings. The van der Waals surface area contributed by atoms with E-state index < -0.39 is 0 Å². The molecule has 2 fully saturated rings. The average Bonchev–Trinajstić information content (AvgIpc) is 3.35. The molecule has 6 heteroatoms. The minimum Gasteiger partial charge on any atom is -0.380 e. The van der Waals surface area contributed by atoms with E-state index >= 15 is 0 Å². The molecule has 2 aromatic rings. The largest absolute Gasteiger partial charge is 0.380 e. The fraction of sp³-hybridized carbons (Fsp3) is 0.684. The number of thiophene rings is 1. The summed E-state index contributed by atoms with van der Waals surface area (Å²) in [4.78, 5) is 21.0. The van der Waals surface area contributed by atoms with Gasteiger partial charge < -0.3 is 4.74 Å². The maximum atomic E-state index is 13.5. The third-order valence-corrected chi connectivity index (χ3v) is 8.23. The summed E-state index contributed by atoms with van der Waals surface area (Å²) in [5.74, 6) is 0. The standard InChI is InChI=1S/C19H24N2O2S2/c22-18-16-14-7-3-4-8-15(14)25-17(16)20-19(24-13-9-10-23-11-13)21(18)12-5-1-2-6-12/h12-13H,1-11H2/t13-/m1/s1. The van der Waals surface area contributed by atoms with Gasteiger partial charge in [0.2, 0.25) is 0 Å². The van der Waals surface area contributed by atoms with E-state index in [2.05, 4.69) is 4.57 Å². The quantitative estimate of drug-likeness (QED) is 0.748. The second-order valence-corrected chi connectivity index (χ2v) is 9.85. The van der Waals surface area contributed by atoms with Crippen molar-refractivity contribution in [3.63, 3.8) is 0 Å². The van der Waals surface area contributed by atoms with Gasteiger partial charge in [-0.1, -0.05) is 24.6 Å². The molecule has 25 heavy (non-hydrogen) atoms. The highest BCUT2D eigenvalue weighted by Crippen LogP contribution is 2.38. The monoisotopic (exact) mass is 376 g/mol. The van der Waals surface area contributed by atoms with E-state index in [-0.39, 0.29) is 5.56 Å². The summed E-state index contributed by atoms with van der Waals surface area (Å²) in [5.41, 5.74) is 1.55. The van der Waals surface area contributed by atoms with E-state index in [4.69, 9.17) is 9.72 Å². The van der Waals surface area contributed by atoms with Crippen LogP contribution in [0.3, 0.4) is 0 Å². The Kier molecular flexibility index (Phi) is 4.38. The number of hydrogen-bond acceptors (Lipinski definition) is 5. The van der Waals surface area contributed by atoms with Gasteiger partial charge in [0.05, 0.1) is 12.0 Å². The number of aromatic nitrogens is 2. The average molecular weight is 377 g/mol. The number of ether oxygens (including phenoxy) is 1. The second-order valence-electron chi connectivity index (χ2n) is 7.50. The molecule has 0 N–H and O–H groups in total. The zero-order valence-corrected chi connectivity index (χ0v) is 16.1. The first kappa shape index (κ1) is 16.3. The first-order valence-corrected chi connectivity index (χ1v) is 11.3. The Bertz CT molecular complexity index is 845. The molecule has 1 atom stereocenters.